The van der Waals surface area contributed by atoms with E-state index >= 15 is 0 Å². The summed E-state index contributed by atoms with van der Waals surface area (Å²) in [5.74, 6) is 0. The molecule has 0 heterocycles. The highest BCUT2D eigenvalue weighted by Gasteiger charge is 2.23. The molecule has 2 aromatic carbocycles. The van der Waals surface area contributed by atoms with Gasteiger partial charge in [-0.05, 0) is 150 Å². The topological polar surface area (TPSA) is 9.23 Å². The predicted molar refractivity (Wildman–Crippen MR) is 118 cm³/mol. The van der Waals surface area contributed by atoms with E-state index in [9.17, 15) is 0 Å². The van der Waals surface area contributed by atoms with Crippen molar-refractivity contribution in [2.75, 3.05) is 0 Å². The summed E-state index contributed by atoms with van der Waals surface area (Å²) in [6, 6.07) is 0. The Morgan fingerprint density at radius 3 is 0.778 bits per heavy atom. The smallest absolute Gasteiger partial charge is 0.0810 e. The Bertz CT molecular complexity index is 755. The van der Waals surface area contributed by atoms with Gasteiger partial charge in [-0.3, -0.25) is 0 Å². The molecule has 0 N–H and O–H groups in total. The van der Waals surface area contributed by atoms with Crippen LogP contribution in [0.4, 0.5) is 0 Å². The largest absolute Gasteiger partial charge is 0.366 e. The summed E-state index contributed by atoms with van der Waals surface area (Å²) in [4.78, 5) is 0. The van der Waals surface area contributed by atoms with E-state index in [0.717, 1.165) is 0 Å². The zero-order valence-electron chi connectivity index (χ0n) is 19.6. The Morgan fingerprint density at radius 1 is 0.370 bits per heavy atom. The minimum absolute atomic E-state index is 0.0683. The lowest BCUT2D eigenvalue weighted by Crippen LogP contribution is -2.14. The molecule has 0 amide bonds. The molecule has 0 saturated heterocycles. The predicted octanol–water partition coefficient (Wildman–Crippen LogP) is 7.61. The Kier molecular flexibility index (Phi) is 6.26. The van der Waals surface area contributed by atoms with Crippen molar-refractivity contribution in [1.29, 1.82) is 0 Å². The first-order valence-corrected chi connectivity index (χ1v) is 10.2. The Balaban J connectivity index is 2.48. The minimum atomic E-state index is 0.0683. The maximum absolute atomic E-state index is 6.65. The summed E-state index contributed by atoms with van der Waals surface area (Å²) < 4.78 is 6.65. The monoisotopic (exact) mass is 366 g/mol. The van der Waals surface area contributed by atoms with Gasteiger partial charge in [0, 0.05) is 0 Å². The van der Waals surface area contributed by atoms with Crippen LogP contribution < -0.4 is 0 Å². The van der Waals surface area contributed by atoms with Crippen LogP contribution in [0, 0.1) is 69.2 Å². The lowest BCUT2D eigenvalue weighted by molar-refractivity contribution is 0.00446. The lowest BCUT2D eigenvalue weighted by Gasteiger charge is -2.29. The van der Waals surface area contributed by atoms with E-state index < -0.39 is 0 Å². The zero-order chi connectivity index (χ0) is 20.8. The van der Waals surface area contributed by atoms with Crippen LogP contribution in [0.15, 0.2) is 0 Å². The summed E-state index contributed by atoms with van der Waals surface area (Å²) in [5.41, 5.74) is 16.6. The second kappa shape index (κ2) is 7.80. The molecule has 2 rings (SSSR count). The van der Waals surface area contributed by atoms with Crippen LogP contribution >= 0.6 is 0 Å². The fourth-order valence-electron chi connectivity index (χ4n) is 4.72. The third kappa shape index (κ3) is 3.59. The van der Waals surface area contributed by atoms with Gasteiger partial charge in [0.2, 0.25) is 0 Å². The number of rotatable bonds is 4. The molecule has 148 valence electrons. The first-order valence-electron chi connectivity index (χ1n) is 10.2. The molecule has 1 heteroatoms. The van der Waals surface area contributed by atoms with Gasteiger partial charge >= 0.3 is 0 Å². The summed E-state index contributed by atoms with van der Waals surface area (Å²) in [6.07, 6.45) is 0.137. The highest BCUT2D eigenvalue weighted by molar-refractivity contribution is 5.51. The molecule has 0 fully saturated rings. The Hall–Kier alpha value is -1.60. The van der Waals surface area contributed by atoms with E-state index in [2.05, 4.69) is 83.1 Å². The van der Waals surface area contributed by atoms with Crippen LogP contribution in [0.3, 0.4) is 0 Å². The number of hydrogen-bond acceptors (Lipinski definition) is 1. The van der Waals surface area contributed by atoms with Crippen LogP contribution in [0.25, 0.3) is 0 Å². The van der Waals surface area contributed by atoms with Crippen molar-refractivity contribution in [3.05, 3.63) is 66.8 Å². The molecule has 0 aliphatic heterocycles. The quantitative estimate of drug-likeness (QED) is 0.541. The molecule has 0 spiro atoms. The van der Waals surface area contributed by atoms with Gasteiger partial charge in [-0.1, -0.05) is 0 Å². The van der Waals surface area contributed by atoms with E-state index in [0.29, 0.717) is 0 Å². The highest BCUT2D eigenvalue weighted by atomic mass is 16.5. The van der Waals surface area contributed by atoms with Crippen molar-refractivity contribution >= 4 is 0 Å². The Labute approximate surface area is 167 Å². The van der Waals surface area contributed by atoms with Crippen LogP contribution in [0.2, 0.25) is 0 Å². The summed E-state index contributed by atoms with van der Waals surface area (Å²) in [7, 11) is 0. The first-order chi connectivity index (χ1) is 12.4. The van der Waals surface area contributed by atoms with Gasteiger partial charge < -0.3 is 4.74 Å². The molecule has 1 nitrogen and oxygen atoms in total. The molecule has 0 aliphatic rings. The number of hydrogen-bond donors (Lipinski definition) is 0. The highest BCUT2D eigenvalue weighted by Crippen LogP contribution is 2.37. The van der Waals surface area contributed by atoms with Gasteiger partial charge in [0.25, 0.3) is 0 Å². The van der Waals surface area contributed by atoms with E-state index in [-0.39, 0.29) is 12.2 Å². The van der Waals surface area contributed by atoms with Crippen molar-refractivity contribution in [2.45, 2.75) is 95.3 Å². The summed E-state index contributed by atoms with van der Waals surface area (Å²) in [5, 5.41) is 0. The third-order valence-electron chi connectivity index (χ3n) is 7.34. The second-order valence-electron chi connectivity index (χ2n) is 8.50. The number of benzene rings is 2. The lowest BCUT2D eigenvalue weighted by atomic mass is 9.86. The van der Waals surface area contributed by atoms with Gasteiger partial charge in [0.1, 0.15) is 0 Å². The van der Waals surface area contributed by atoms with E-state index in [1.54, 1.807) is 0 Å². The Morgan fingerprint density at radius 2 is 0.556 bits per heavy atom. The minimum Gasteiger partial charge on any atom is -0.366 e. The molecule has 0 aromatic heterocycles. The van der Waals surface area contributed by atoms with Gasteiger partial charge in [-0.2, -0.15) is 0 Å². The molecule has 27 heavy (non-hydrogen) atoms. The van der Waals surface area contributed by atoms with Crippen molar-refractivity contribution < 1.29 is 4.74 Å². The number of ether oxygens (including phenoxy) is 1. The molecule has 0 unspecified atom stereocenters. The maximum atomic E-state index is 6.65. The molecule has 0 aliphatic carbocycles. The molecule has 0 bridgehead atoms. The summed E-state index contributed by atoms with van der Waals surface area (Å²) in [6.45, 7) is 26.8. The second-order valence-corrected chi connectivity index (χ2v) is 8.50. The molecule has 2 aromatic rings. The first kappa shape index (κ1) is 21.7. The molecule has 2 atom stereocenters. The van der Waals surface area contributed by atoms with Crippen LogP contribution in [-0.2, 0) is 4.74 Å². The van der Waals surface area contributed by atoms with E-state index in [1.165, 1.54) is 66.8 Å². The van der Waals surface area contributed by atoms with Crippen molar-refractivity contribution in [1.82, 2.24) is 0 Å². The fourth-order valence-corrected chi connectivity index (χ4v) is 4.72. The van der Waals surface area contributed by atoms with Crippen molar-refractivity contribution in [2.24, 2.45) is 0 Å². The SMILES string of the molecule is Cc1c(C)c(C)c([C@@H](C)O[C@H](C)c2c(C)c(C)c(C)c(C)c2C)c(C)c1C. The van der Waals surface area contributed by atoms with Crippen LogP contribution in [0.5, 0.6) is 0 Å². The van der Waals surface area contributed by atoms with Crippen molar-refractivity contribution in [3.8, 4) is 0 Å². The van der Waals surface area contributed by atoms with Gasteiger partial charge in [0.15, 0.2) is 0 Å². The third-order valence-corrected chi connectivity index (χ3v) is 7.34. The fraction of sp³-hybridized carbons (Fsp3) is 0.538. The normalized spacial score (nSPS) is 13.8. The zero-order valence-corrected chi connectivity index (χ0v) is 19.6. The molecular weight excluding hydrogens is 328 g/mol. The van der Waals surface area contributed by atoms with E-state index in [1.807, 2.05) is 0 Å². The van der Waals surface area contributed by atoms with Gasteiger partial charge in [-0.15, -0.1) is 0 Å². The molecule has 0 radical (unpaired) electrons. The average Bonchev–Trinajstić information content (AvgIpc) is 2.61. The molecule has 0 saturated carbocycles. The van der Waals surface area contributed by atoms with Gasteiger partial charge in [-0.25, -0.2) is 0 Å². The summed E-state index contributed by atoms with van der Waals surface area (Å²) >= 11 is 0. The van der Waals surface area contributed by atoms with Crippen LogP contribution in [0.1, 0.15) is 92.8 Å². The molecular formula is C26H38O. The standard InChI is InChI=1S/C26H38O/c1-13-15(3)19(7)25(20(8)16(13)4)23(11)27-24(12)26-21(9)17(5)14(2)18(6)22(26)10/h23-24H,1-12H3/t23-,24-/m1/s1. The van der Waals surface area contributed by atoms with Gasteiger partial charge in [0.05, 0.1) is 12.2 Å². The average molecular weight is 367 g/mol. The van der Waals surface area contributed by atoms with Crippen molar-refractivity contribution in [3.63, 3.8) is 0 Å². The van der Waals surface area contributed by atoms with E-state index in [4.69, 9.17) is 4.74 Å². The van der Waals surface area contributed by atoms with Crippen LogP contribution in [-0.4, -0.2) is 0 Å². The maximum Gasteiger partial charge on any atom is 0.0810 e.